The van der Waals surface area contributed by atoms with Gasteiger partial charge in [0.2, 0.25) is 0 Å². The topological polar surface area (TPSA) is 95.5 Å². The Hall–Kier alpha value is -3.16. The lowest BCUT2D eigenvalue weighted by Crippen LogP contribution is -2.14. The average molecular weight is 368 g/mol. The van der Waals surface area contributed by atoms with Crippen LogP contribution in [0.4, 0.5) is 5.69 Å². The third kappa shape index (κ3) is 3.90. The number of benzene rings is 3. The Morgan fingerprint density at radius 2 is 1.62 bits per heavy atom. The number of hydrogen-bond donors (Lipinski definition) is 3. The predicted molar refractivity (Wildman–Crippen MR) is 100 cm³/mol. The van der Waals surface area contributed by atoms with Crippen LogP contribution >= 0.6 is 0 Å². The first-order valence-corrected chi connectivity index (χ1v) is 9.21. The number of amides is 1. The maximum Gasteiger partial charge on any atom is 0.267 e. The van der Waals surface area contributed by atoms with Crippen LogP contribution in [0.15, 0.2) is 77.7 Å². The van der Waals surface area contributed by atoms with Crippen LogP contribution < -0.4 is 10.2 Å². The molecule has 0 unspecified atom stereocenters. The molecule has 1 amide bonds. The molecular formula is C19H16N2O4S. The normalized spacial score (nSPS) is 11.6. The van der Waals surface area contributed by atoms with Gasteiger partial charge in [-0.3, -0.25) is 14.7 Å². The smallest absolute Gasteiger partial charge is 0.267 e. The van der Waals surface area contributed by atoms with Crippen LogP contribution in [0, 0.1) is 0 Å². The van der Waals surface area contributed by atoms with Crippen LogP contribution in [0.25, 0.3) is 16.8 Å². The van der Waals surface area contributed by atoms with Crippen molar-refractivity contribution in [1.29, 1.82) is 0 Å². The fourth-order valence-corrected chi connectivity index (χ4v) is 3.80. The summed E-state index contributed by atoms with van der Waals surface area (Å²) in [4.78, 5) is 11.2. The van der Waals surface area contributed by atoms with Gasteiger partial charge in [0.05, 0.1) is 4.90 Å². The summed E-state index contributed by atoms with van der Waals surface area (Å²) < 4.78 is 28.1. The second-order valence-electron chi connectivity index (χ2n) is 5.51. The lowest BCUT2D eigenvalue weighted by atomic mass is 10.1. The van der Waals surface area contributed by atoms with Crippen molar-refractivity contribution in [2.75, 3.05) is 4.72 Å². The molecule has 3 aromatic carbocycles. The molecule has 0 radical (unpaired) electrons. The van der Waals surface area contributed by atoms with Crippen LogP contribution in [0.3, 0.4) is 0 Å². The quantitative estimate of drug-likeness (QED) is 0.366. The van der Waals surface area contributed by atoms with E-state index < -0.39 is 15.9 Å². The first-order chi connectivity index (χ1) is 12.5. The molecule has 6 nitrogen and oxygen atoms in total. The van der Waals surface area contributed by atoms with Crippen LogP contribution in [0.5, 0.6) is 0 Å². The van der Waals surface area contributed by atoms with Gasteiger partial charge in [0.25, 0.3) is 15.9 Å². The van der Waals surface area contributed by atoms with E-state index in [1.807, 2.05) is 18.2 Å². The van der Waals surface area contributed by atoms with Gasteiger partial charge in [-0.05, 0) is 35.2 Å². The molecule has 3 aromatic rings. The van der Waals surface area contributed by atoms with Crippen molar-refractivity contribution in [3.8, 4) is 0 Å². The molecule has 3 N–H and O–H groups in total. The Morgan fingerprint density at radius 1 is 0.923 bits per heavy atom. The molecule has 0 saturated carbocycles. The van der Waals surface area contributed by atoms with Crippen LogP contribution in [0.1, 0.15) is 5.56 Å². The van der Waals surface area contributed by atoms with E-state index in [1.54, 1.807) is 48.5 Å². The molecule has 0 heterocycles. The summed E-state index contributed by atoms with van der Waals surface area (Å²) in [5.74, 6) is -0.647. The molecule has 0 aliphatic rings. The zero-order chi connectivity index (χ0) is 18.6. The van der Waals surface area contributed by atoms with E-state index in [-0.39, 0.29) is 4.90 Å². The maximum atomic E-state index is 12.7. The van der Waals surface area contributed by atoms with Crippen molar-refractivity contribution < 1.29 is 18.4 Å². The maximum absolute atomic E-state index is 12.7. The molecule has 0 fully saturated rings. The SMILES string of the molecule is O=C(/C=C/c1ccc(NS(=O)(=O)c2cccc3ccccc23)cc1)NO. The van der Waals surface area contributed by atoms with Crippen LogP contribution in [-0.2, 0) is 14.8 Å². The van der Waals surface area contributed by atoms with Gasteiger partial charge in [-0.2, -0.15) is 0 Å². The predicted octanol–water partition coefficient (Wildman–Crippen LogP) is 3.16. The minimum atomic E-state index is -3.75. The second-order valence-corrected chi connectivity index (χ2v) is 7.17. The van der Waals surface area contributed by atoms with E-state index >= 15 is 0 Å². The average Bonchev–Trinajstić information content (AvgIpc) is 2.66. The molecule has 0 aromatic heterocycles. The molecular weight excluding hydrogens is 352 g/mol. The van der Waals surface area contributed by atoms with Gasteiger partial charge < -0.3 is 0 Å². The van der Waals surface area contributed by atoms with Gasteiger partial charge in [-0.15, -0.1) is 0 Å². The Bertz CT molecular complexity index is 1070. The number of carbonyl (C=O) groups excluding carboxylic acids is 1. The molecule has 132 valence electrons. The number of anilines is 1. The summed E-state index contributed by atoms with van der Waals surface area (Å²) in [6.45, 7) is 0. The first-order valence-electron chi connectivity index (χ1n) is 7.72. The fraction of sp³-hybridized carbons (Fsp3) is 0. The minimum Gasteiger partial charge on any atom is -0.288 e. The zero-order valence-electron chi connectivity index (χ0n) is 13.6. The molecule has 0 atom stereocenters. The summed E-state index contributed by atoms with van der Waals surface area (Å²) in [7, 11) is -3.75. The monoisotopic (exact) mass is 368 g/mol. The number of hydroxylamine groups is 1. The van der Waals surface area contributed by atoms with Crippen molar-refractivity contribution in [3.05, 3.63) is 78.4 Å². The highest BCUT2D eigenvalue weighted by Gasteiger charge is 2.17. The van der Waals surface area contributed by atoms with E-state index in [2.05, 4.69) is 4.72 Å². The first kappa shape index (κ1) is 17.7. The van der Waals surface area contributed by atoms with Gasteiger partial charge in [0.15, 0.2) is 0 Å². The lowest BCUT2D eigenvalue weighted by Gasteiger charge is -2.10. The molecule has 3 rings (SSSR count). The zero-order valence-corrected chi connectivity index (χ0v) is 14.4. The molecule has 0 saturated heterocycles. The summed E-state index contributed by atoms with van der Waals surface area (Å²) in [5.41, 5.74) is 2.58. The van der Waals surface area contributed by atoms with Gasteiger partial charge in [-0.25, -0.2) is 13.9 Å². The highest BCUT2D eigenvalue weighted by Crippen LogP contribution is 2.25. The summed E-state index contributed by atoms with van der Waals surface area (Å²) >= 11 is 0. The van der Waals surface area contributed by atoms with E-state index in [9.17, 15) is 13.2 Å². The third-order valence-corrected chi connectivity index (χ3v) is 5.18. The van der Waals surface area contributed by atoms with Crippen molar-refractivity contribution in [3.63, 3.8) is 0 Å². The van der Waals surface area contributed by atoms with E-state index in [0.29, 0.717) is 16.6 Å². The molecule has 7 heteroatoms. The number of sulfonamides is 1. The van der Waals surface area contributed by atoms with Crippen LogP contribution in [0.2, 0.25) is 0 Å². The largest absolute Gasteiger partial charge is 0.288 e. The summed E-state index contributed by atoms with van der Waals surface area (Å²) in [6, 6.07) is 18.9. The minimum absolute atomic E-state index is 0.208. The van der Waals surface area contributed by atoms with Crippen molar-refractivity contribution >= 4 is 38.5 Å². The summed E-state index contributed by atoms with van der Waals surface area (Å²) in [5, 5.41) is 9.94. The van der Waals surface area contributed by atoms with Crippen molar-refractivity contribution in [1.82, 2.24) is 5.48 Å². The van der Waals surface area contributed by atoms with E-state index in [0.717, 1.165) is 11.5 Å². The van der Waals surface area contributed by atoms with Crippen LogP contribution in [-0.4, -0.2) is 19.5 Å². The van der Waals surface area contributed by atoms with Gasteiger partial charge in [-0.1, -0.05) is 48.5 Å². The van der Waals surface area contributed by atoms with E-state index in [4.69, 9.17) is 5.21 Å². The number of hydrogen-bond acceptors (Lipinski definition) is 4. The van der Waals surface area contributed by atoms with Gasteiger partial charge in [0, 0.05) is 17.1 Å². The molecule has 0 spiro atoms. The Balaban J connectivity index is 1.85. The van der Waals surface area contributed by atoms with Crippen molar-refractivity contribution in [2.45, 2.75) is 4.90 Å². The second kappa shape index (κ2) is 7.38. The Labute approximate surface area is 150 Å². The number of rotatable bonds is 5. The highest BCUT2D eigenvalue weighted by molar-refractivity contribution is 7.93. The number of carbonyl (C=O) groups is 1. The Kier molecular flexibility index (Phi) is 5.01. The number of fused-ring (bicyclic) bond motifs is 1. The fourth-order valence-electron chi connectivity index (χ4n) is 2.51. The lowest BCUT2D eigenvalue weighted by molar-refractivity contribution is -0.124. The van der Waals surface area contributed by atoms with Gasteiger partial charge >= 0.3 is 0 Å². The molecule has 0 bridgehead atoms. The molecule has 0 aliphatic heterocycles. The number of nitrogens with one attached hydrogen (secondary N) is 2. The molecule has 0 aliphatic carbocycles. The summed E-state index contributed by atoms with van der Waals surface area (Å²) in [6.07, 6.45) is 2.66. The van der Waals surface area contributed by atoms with E-state index in [1.165, 1.54) is 11.6 Å². The van der Waals surface area contributed by atoms with Gasteiger partial charge in [0.1, 0.15) is 0 Å². The standard InChI is InChI=1S/C19H16N2O4S/c22-19(20-23)13-10-14-8-11-16(12-9-14)21-26(24,25)18-7-3-5-15-4-1-2-6-17(15)18/h1-13,21,23H,(H,20,22)/b13-10+. The Morgan fingerprint density at radius 3 is 2.35 bits per heavy atom. The molecule has 26 heavy (non-hydrogen) atoms. The third-order valence-electron chi connectivity index (χ3n) is 3.74. The van der Waals surface area contributed by atoms with Crippen molar-refractivity contribution in [2.24, 2.45) is 0 Å². The highest BCUT2D eigenvalue weighted by atomic mass is 32.2.